The zero-order valence-electron chi connectivity index (χ0n) is 19.7. The van der Waals surface area contributed by atoms with E-state index in [0.29, 0.717) is 11.5 Å². The van der Waals surface area contributed by atoms with Crippen LogP contribution in [0.1, 0.15) is 31.2 Å². The summed E-state index contributed by atoms with van der Waals surface area (Å²) in [4.78, 5) is 20.1. The maximum atomic E-state index is 9.53. The standard InChI is InChI=1S/C28H25N5OS/c1-17(2)26-29-15-23-27(30-16-31-28(23)33-26)32-24-14-18(3)4-13-25(24)35-22-11-7-20(8-12-22)19-5-9-21(34)10-6-19/h4-17,34H,1-3H3,(H,29,30,31,32,33). The van der Waals surface area contributed by atoms with E-state index in [4.69, 9.17) is 0 Å². The Morgan fingerprint density at radius 1 is 0.857 bits per heavy atom. The summed E-state index contributed by atoms with van der Waals surface area (Å²) < 4.78 is 0. The number of hydrogen-bond donors (Lipinski definition) is 2. The van der Waals surface area contributed by atoms with Gasteiger partial charge in [-0.2, -0.15) is 0 Å². The molecule has 2 heterocycles. The number of fused-ring (bicyclic) bond motifs is 1. The number of benzene rings is 3. The summed E-state index contributed by atoms with van der Waals surface area (Å²) in [5.41, 5.74) is 4.91. The summed E-state index contributed by atoms with van der Waals surface area (Å²) in [7, 11) is 0. The SMILES string of the molecule is Cc1ccc(Sc2ccc(-c3ccc(O)cc3)cc2)c(Nc2ncnc3nc(C(C)C)ncc23)c1. The van der Waals surface area contributed by atoms with Crippen LogP contribution in [0.4, 0.5) is 11.5 Å². The minimum atomic E-state index is 0.228. The number of rotatable bonds is 6. The van der Waals surface area contributed by atoms with Crippen molar-refractivity contribution in [2.45, 2.75) is 36.5 Å². The maximum absolute atomic E-state index is 9.53. The third-order valence-electron chi connectivity index (χ3n) is 5.60. The average molecular weight is 480 g/mol. The van der Waals surface area contributed by atoms with E-state index in [2.05, 4.69) is 88.5 Å². The molecule has 3 aromatic carbocycles. The maximum Gasteiger partial charge on any atom is 0.168 e. The monoisotopic (exact) mass is 479 g/mol. The number of phenols is 1. The van der Waals surface area contributed by atoms with Crippen LogP contribution >= 0.6 is 11.8 Å². The van der Waals surface area contributed by atoms with Gasteiger partial charge in [0, 0.05) is 21.9 Å². The van der Waals surface area contributed by atoms with Crippen molar-refractivity contribution in [2.24, 2.45) is 0 Å². The smallest absolute Gasteiger partial charge is 0.168 e. The molecule has 0 atom stereocenters. The molecule has 0 saturated heterocycles. The lowest BCUT2D eigenvalue weighted by Gasteiger charge is -2.14. The minimum Gasteiger partial charge on any atom is -0.508 e. The van der Waals surface area contributed by atoms with Crippen LogP contribution in [0, 0.1) is 6.92 Å². The number of nitrogens with zero attached hydrogens (tertiary/aromatic N) is 4. The van der Waals surface area contributed by atoms with Crippen LogP contribution < -0.4 is 5.32 Å². The van der Waals surface area contributed by atoms with E-state index >= 15 is 0 Å². The predicted octanol–water partition coefficient (Wildman–Crippen LogP) is 7.12. The van der Waals surface area contributed by atoms with Crippen molar-refractivity contribution < 1.29 is 5.11 Å². The average Bonchev–Trinajstić information content (AvgIpc) is 2.86. The Morgan fingerprint density at radius 2 is 1.57 bits per heavy atom. The lowest BCUT2D eigenvalue weighted by atomic mass is 10.1. The third-order valence-corrected chi connectivity index (χ3v) is 6.68. The molecule has 0 radical (unpaired) electrons. The van der Waals surface area contributed by atoms with Gasteiger partial charge in [-0.3, -0.25) is 0 Å². The fourth-order valence-electron chi connectivity index (χ4n) is 3.69. The van der Waals surface area contributed by atoms with Gasteiger partial charge < -0.3 is 10.4 Å². The molecule has 0 aliphatic heterocycles. The summed E-state index contributed by atoms with van der Waals surface area (Å²) in [6.45, 7) is 6.20. The Hall–Kier alpha value is -3.97. The number of nitrogens with one attached hydrogen (secondary N) is 1. The molecule has 5 aromatic rings. The van der Waals surface area contributed by atoms with E-state index in [0.717, 1.165) is 43.4 Å². The van der Waals surface area contributed by atoms with E-state index in [9.17, 15) is 5.11 Å². The molecular formula is C28H25N5OS. The molecule has 0 saturated carbocycles. The number of anilines is 2. The molecular weight excluding hydrogens is 454 g/mol. The zero-order chi connectivity index (χ0) is 24.4. The molecule has 6 nitrogen and oxygen atoms in total. The zero-order valence-corrected chi connectivity index (χ0v) is 20.5. The lowest BCUT2D eigenvalue weighted by molar-refractivity contribution is 0.475. The fourth-order valence-corrected chi connectivity index (χ4v) is 4.58. The molecule has 7 heteroatoms. The van der Waals surface area contributed by atoms with Gasteiger partial charge in [0.05, 0.1) is 11.1 Å². The van der Waals surface area contributed by atoms with Gasteiger partial charge in [-0.1, -0.05) is 55.9 Å². The lowest BCUT2D eigenvalue weighted by Crippen LogP contribution is -2.02. The summed E-state index contributed by atoms with van der Waals surface area (Å²) in [6.07, 6.45) is 3.33. The fraction of sp³-hybridized carbons (Fsp3) is 0.143. The largest absolute Gasteiger partial charge is 0.508 e. The Morgan fingerprint density at radius 3 is 2.29 bits per heavy atom. The summed E-state index contributed by atoms with van der Waals surface area (Å²) >= 11 is 1.68. The van der Waals surface area contributed by atoms with Crippen LogP contribution in [-0.2, 0) is 0 Å². The highest BCUT2D eigenvalue weighted by molar-refractivity contribution is 7.99. The quantitative estimate of drug-likeness (QED) is 0.268. The molecule has 174 valence electrons. The van der Waals surface area contributed by atoms with E-state index in [1.54, 1.807) is 30.1 Å². The Labute approximate surface area is 208 Å². The highest BCUT2D eigenvalue weighted by atomic mass is 32.2. The van der Waals surface area contributed by atoms with E-state index in [1.165, 1.54) is 6.33 Å². The summed E-state index contributed by atoms with van der Waals surface area (Å²) in [5.74, 6) is 1.94. The van der Waals surface area contributed by atoms with Crippen molar-refractivity contribution in [3.05, 3.63) is 90.6 Å². The topological polar surface area (TPSA) is 83.8 Å². The first-order valence-electron chi connectivity index (χ1n) is 11.4. The normalized spacial score (nSPS) is 11.2. The number of aryl methyl sites for hydroxylation is 1. The number of aromatic nitrogens is 4. The number of hydrogen-bond acceptors (Lipinski definition) is 7. The van der Waals surface area contributed by atoms with Crippen LogP contribution in [0.3, 0.4) is 0 Å². The Kier molecular flexibility index (Phi) is 6.33. The summed E-state index contributed by atoms with van der Waals surface area (Å²) in [5, 5.41) is 13.8. The molecule has 0 bridgehead atoms. The van der Waals surface area contributed by atoms with E-state index < -0.39 is 0 Å². The predicted molar refractivity (Wildman–Crippen MR) is 141 cm³/mol. The second-order valence-electron chi connectivity index (χ2n) is 8.64. The second-order valence-corrected chi connectivity index (χ2v) is 9.76. The molecule has 0 amide bonds. The van der Waals surface area contributed by atoms with Crippen molar-refractivity contribution >= 4 is 34.3 Å². The highest BCUT2D eigenvalue weighted by Crippen LogP contribution is 2.37. The first-order chi connectivity index (χ1) is 17.0. The van der Waals surface area contributed by atoms with Gasteiger partial charge >= 0.3 is 0 Å². The molecule has 0 fully saturated rings. The van der Waals surface area contributed by atoms with Gasteiger partial charge in [-0.25, -0.2) is 19.9 Å². The van der Waals surface area contributed by atoms with Gasteiger partial charge in [0.25, 0.3) is 0 Å². The van der Waals surface area contributed by atoms with Crippen molar-refractivity contribution in [3.8, 4) is 16.9 Å². The second kappa shape index (κ2) is 9.72. The number of phenolic OH excluding ortho intramolecular Hbond substituents is 1. The summed E-state index contributed by atoms with van der Waals surface area (Å²) in [6, 6.07) is 22.0. The van der Waals surface area contributed by atoms with E-state index in [1.807, 2.05) is 12.1 Å². The van der Waals surface area contributed by atoms with Crippen LogP contribution in [0.2, 0.25) is 0 Å². The molecule has 2 aromatic heterocycles. The van der Waals surface area contributed by atoms with E-state index in [-0.39, 0.29) is 11.7 Å². The first kappa shape index (κ1) is 22.8. The van der Waals surface area contributed by atoms with Crippen molar-refractivity contribution in [1.29, 1.82) is 0 Å². The molecule has 0 aliphatic carbocycles. The molecule has 35 heavy (non-hydrogen) atoms. The van der Waals surface area contributed by atoms with Gasteiger partial charge in [-0.15, -0.1) is 0 Å². The van der Waals surface area contributed by atoms with Crippen LogP contribution in [0.25, 0.3) is 22.2 Å². The molecule has 0 spiro atoms. The number of aromatic hydroxyl groups is 1. The molecule has 0 unspecified atom stereocenters. The van der Waals surface area contributed by atoms with Crippen LogP contribution in [-0.4, -0.2) is 25.0 Å². The highest BCUT2D eigenvalue weighted by Gasteiger charge is 2.12. The molecule has 2 N–H and O–H groups in total. The Bertz CT molecular complexity index is 1480. The van der Waals surface area contributed by atoms with Gasteiger partial charge in [0.15, 0.2) is 5.65 Å². The van der Waals surface area contributed by atoms with Gasteiger partial charge in [-0.05, 0) is 60.0 Å². The Balaban J connectivity index is 1.42. The van der Waals surface area contributed by atoms with Crippen LogP contribution in [0.5, 0.6) is 5.75 Å². The molecule has 0 aliphatic rings. The van der Waals surface area contributed by atoms with Gasteiger partial charge in [0.2, 0.25) is 0 Å². The first-order valence-corrected chi connectivity index (χ1v) is 12.2. The van der Waals surface area contributed by atoms with Gasteiger partial charge in [0.1, 0.15) is 23.7 Å². The van der Waals surface area contributed by atoms with Crippen molar-refractivity contribution in [2.75, 3.05) is 5.32 Å². The third kappa shape index (κ3) is 5.10. The minimum absolute atomic E-state index is 0.228. The van der Waals surface area contributed by atoms with Crippen molar-refractivity contribution in [3.63, 3.8) is 0 Å². The van der Waals surface area contributed by atoms with Crippen LogP contribution in [0.15, 0.2) is 89.0 Å². The molecule has 5 rings (SSSR count). The van der Waals surface area contributed by atoms with Crippen molar-refractivity contribution in [1.82, 2.24) is 19.9 Å².